The third-order valence-corrected chi connectivity index (χ3v) is 3.79. The lowest BCUT2D eigenvalue weighted by Crippen LogP contribution is -2.37. The number of halogens is 1. The van der Waals surface area contributed by atoms with Crippen molar-refractivity contribution in [2.75, 3.05) is 25.5 Å². The molecule has 0 aliphatic rings. The Morgan fingerprint density at radius 2 is 1.96 bits per heavy atom. The van der Waals surface area contributed by atoms with E-state index in [1.807, 2.05) is 6.92 Å². The molecule has 0 aliphatic heterocycles. The summed E-state index contributed by atoms with van der Waals surface area (Å²) in [6.07, 6.45) is 3.59. The molecule has 0 atom stereocenters. The quantitative estimate of drug-likeness (QED) is 0.721. The van der Waals surface area contributed by atoms with Gasteiger partial charge in [0.05, 0.1) is 12.8 Å². The van der Waals surface area contributed by atoms with E-state index >= 15 is 0 Å². The molecule has 1 N–H and O–H groups in total. The van der Waals surface area contributed by atoms with Crippen LogP contribution in [0.2, 0.25) is 0 Å². The molecule has 0 bridgehead atoms. The first-order valence-electron chi connectivity index (χ1n) is 8.69. The van der Waals surface area contributed by atoms with Gasteiger partial charge in [-0.2, -0.15) is 0 Å². The Bertz CT molecular complexity index is 821. The Morgan fingerprint density at radius 1 is 1.19 bits per heavy atom. The van der Waals surface area contributed by atoms with Crippen molar-refractivity contribution in [1.29, 1.82) is 0 Å². The van der Waals surface area contributed by atoms with Gasteiger partial charge in [-0.25, -0.2) is 4.39 Å². The first-order chi connectivity index (χ1) is 13.0. The van der Waals surface area contributed by atoms with E-state index in [-0.39, 0.29) is 24.2 Å². The first kappa shape index (κ1) is 20.2. The highest BCUT2D eigenvalue weighted by Crippen LogP contribution is 2.22. The fraction of sp³-hybridized carbons (Fsp3) is 0.238. The van der Waals surface area contributed by atoms with E-state index in [0.717, 1.165) is 0 Å². The zero-order chi connectivity index (χ0) is 19.6. The lowest BCUT2D eigenvalue weighted by Gasteiger charge is -2.20. The number of rotatable bonds is 8. The molecule has 2 aromatic rings. The lowest BCUT2D eigenvalue weighted by molar-refractivity contribution is -0.130. The van der Waals surface area contributed by atoms with Crippen molar-refractivity contribution in [3.63, 3.8) is 0 Å². The molecule has 27 heavy (non-hydrogen) atoms. The van der Waals surface area contributed by atoms with Gasteiger partial charge in [0.15, 0.2) is 0 Å². The number of nitrogens with one attached hydrogen (secondary N) is 1. The van der Waals surface area contributed by atoms with Crippen molar-refractivity contribution in [2.24, 2.45) is 0 Å². The molecule has 0 unspecified atom stereocenters. The molecule has 142 valence electrons. The summed E-state index contributed by atoms with van der Waals surface area (Å²) in [5, 5.41) is 2.75. The van der Waals surface area contributed by atoms with Gasteiger partial charge in [0.25, 0.3) is 0 Å². The van der Waals surface area contributed by atoms with Crippen LogP contribution in [0, 0.1) is 5.82 Å². The van der Waals surface area contributed by atoms with Gasteiger partial charge in [0, 0.05) is 12.6 Å². The molecule has 0 saturated heterocycles. The first-order valence-corrected chi connectivity index (χ1v) is 8.69. The third-order valence-electron chi connectivity index (χ3n) is 3.79. The summed E-state index contributed by atoms with van der Waals surface area (Å²) < 4.78 is 18.4. The van der Waals surface area contributed by atoms with Crippen molar-refractivity contribution < 1.29 is 18.7 Å². The fourth-order valence-electron chi connectivity index (χ4n) is 2.53. The summed E-state index contributed by atoms with van der Waals surface area (Å²) in [7, 11) is 1.52. The van der Waals surface area contributed by atoms with Crippen LogP contribution in [-0.4, -0.2) is 36.9 Å². The monoisotopic (exact) mass is 370 g/mol. The van der Waals surface area contributed by atoms with Crippen LogP contribution in [0.5, 0.6) is 5.75 Å². The molecule has 6 heteroatoms. The maximum atomic E-state index is 13.2. The summed E-state index contributed by atoms with van der Waals surface area (Å²) in [5.41, 5.74) is 1.13. The Hall–Kier alpha value is -3.15. The number of methoxy groups -OCH3 is 1. The molecule has 2 rings (SSSR count). The maximum Gasteiger partial charge on any atom is 0.247 e. The van der Waals surface area contributed by atoms with Gasteiger partial charge in [-0.3, -0.25) is 9.59 Å². The van der Waals surface area contributed by atoms with Gasteiger partial charge in [0.2, 0.25) is 11.8 Å². The maximum absolute atomic E-state index is 13.2. The molecule has 0 saturated carbocycles. The van der Waals surface area contributed by atoms with Crippen LogP contribution in [0.15, 0.2) is 54.6 Å². The zero-order valence-corrected chi connectivity index (χ0v) is 15.4. The normalized spacial score (nSPS) is 10.6. The number of nitrogens with zero attached hydrogens (tertiary/aromatic N) is 1. The second-order valence-corrected chi connectivity index (χ2v) is 5.90. The summed E-state index contributed by atoms with van der Waals surface area (Å²) in [6, 6.07) is 13.0. The van der Waals surface area contributed by atoms with Gasteiger partial charge in [0.1, 0.15) is 18.1 Å². The van der Waals surface area contributed by atoms with E-state index in [9.17, 15) is 14.0 Å². The molecule has 0 heterocycles. The van der Waals surface area contributed by atoms with Gasteiger partial charge >= 0.3 is 0 Å². The molecule has 0 aromatic heterocycles. The standard InChI is InChI=1S/C21H23FN2O3/c1-3-13-24(21(26)12-11-16-7-6-8-17(22)14-16)15-20(25)23-18-9-4-5-10-19(18)27-2/h4-12,14H,3,13,15H2,1-2H3,(H,23,25)/b12-11+. The molecule has 0 radical (unpaired) electrons. The minimum Gasteiger partial charge on any atom is -0.495 e. The van der Waals surface area contributed by atoms with Crippen LogP contribution < -0.4 is 10.1 Å². The van der Waals surface area contributed by atoms with Crippen molar-refractivity contribution in [3.05, 3.63) is 66.0 Å². The molecule has 2 aromatic carbocycles. The average Bonchev–Trinajstić information content (AvgIpc) is 2.66. The number of carbonyl (C=O) groups excluding carboxylic acids is 2. The molecule has 0 aliphatic carbocycles. The molecule has 5 nitrogen and oxygen atoms in total. The van der Waals surface area contributed by atoms with Gasteiger partial charge in [-0.15, -0.1) is 0 Å². The second-order valence-electron chi connectivity index (χ2n) is 5.90. The number of amides is 2. The fourth-order valence-corrected chi connectivity index (χ4v) is 2.53. The number of hydrogen-bond acceptors (Lipinski definition) is 3. The molecule has 0 fully saturated rings. The van der Waals surface area contributed by atoms with Crippen LogP contribution in [0.1, 0.15) is 18.9 Å². The summed E-state index contributed by atoms with van der Waals surface area (Å²) in [4.78, 5) is 26.2. The largest absolute Gasteiger partial charge is 0.495 e. The van der Waals surface area contributed by atoms with Crippen LogP contribution in [0.25, 0.3) is 6.08 Å². The smallest absolute Gasteiger partial charge is 0.247 e. The minimum atomic E-state index is -0.369. The van der Waals surface area contributed by atoms with Crippen LogP contribution >= 0.6 is 0 Å². The number of benzene rings is 2. The van der Waals surface area contributed by atoms with E-state index in [4.69, 9.17) is 4.74 Å². The highest BCUT2D eigenvalue weighted by molar-refractivity contribution is 5.98. The number of para-hydroxylation sites is 2. The average molecular weight is 370 g/mol. The Balaban J connectivity index is 2.03. The number of carbonyl (C=O) groups is 2. The number of hydrogen-bond donors (Lipinski definition) is 1. The van der Waals surface area contributed by atoms with Crippen molar-refractivity contribution in [2.45, 2.75) is 13.3 Å². The number of anilines is 1. The molecule has 0 spiro atoms. The predicted molar refractivity (Wildman–Crippen MR) is 104 cm³/mol. The van der Waals surface area contributed by atoms with Crippen molar-refractivity contribution >= 4 is 23.6 Å². The Kier molecular flexibility index (Phi) is 7.55. The zero-order valence-electron chi connectivity index (χ0n) is 15.4. The molecular weight excluding hydrogens is 347 g/mol. The third kappa shape index (κ3) is 6.26. The molecule has 2 amide bonds. The minimum absolute atomic E-state index is 0.0851. The Morgan fingerprint density at radius 3 is 2.67 bits per heavy atom. The van der Waals surface area contributed by atoms with Gasteiger partial charge < -0.3 is 15.0 Å². The number of ether oxygens (including phenoxy) is 1. The summed E-state index contributed by atoms with van der Waals surface area (Å²) in [6.45, 7) is 2.28. The van der Waals surface area contributed by atoms with E-state index < -0.39 is 0 Å². The van der Waals surface area contributed by atoms with E-state index in [1.165, 1.54) is 36.3 Å². The van der Waals surface area contributed by atoms with Crippen LogP contribution in [0.3, 0.4) is 0 Å². The lowest BCUT2D eigenvalue weighted by atomic mass is 10.2. The van der Waals surface area contributed by atoms with E-state index in [2.05, 4.69) is 5.32 Å². The van der Waals surface area contributed by atoms with Gasteiger partial charge in [-0.05, 0) is 42.3 Å². The van der Waals surface area contributed by atoms with Crippen LogP contribution in [-0.2, 0) is 9.59 Å². The van der Waals surface area contributed by atoms with Crippen molar-refractivity contribution in [1.82, 2.24) is 4.90 Å². The van der Waals surface area contributed by atoms with Crippen LogP contribution in [0.4, 0.5) is 10.1 Å². The highest BCUT2D eigenvalue weighted by Gasteiger charge is 2.15. The highest BCUT2D eigenvalue weighted by atomic mass is 19.1. The SMILES string of the molecule is CCCN(CC(=O)Nc1ccccc1OC)C(=O)/C=C/c1cccc(F)c1. The van der Waals surface area contributed by atoms with Gasteiger partial charge in [-0.1, -0.05) is 31.2 Å². The Labute approximate surface area is 158 Å². The predicted octanol–water partition coefficient (Wildman–Crippen LogP) is 3.72. The van der Waals surface area contributed by atoms with Crippen molar-refractivity contribution in [3.8, 4) is 5.75 Å². The topological polar surface area (TPSA) is 58.6 Å². The second kappa shape index (κ2) is 10.1. The van der Waals surface area contributed by atoms with E-state index in [1.54, 1.807) is 36.4 Å². The van der Waals surface area contributed by atoms with E-state index in [0.29, 0.717) is 30.0 Å². The summed E-state index contributed by atoms with van der Waals surface area (Å²) >= 11 is 0. The summed E-state index contributed by atoms with van der Waals surface area (Å²) in [5.74, 6) is -0.451. The molecular formula is C21H23FN2O3.